The van der Waals surface area contributed by atoms with Crippen LogP contribution in [-0.4, -0.2) is 38.8 Å². The third kappa shape index (κ3) is 2.29. The summed E-state index contributed by atoms with van der Waals surface area (Å²) in [7, 11) is 0. The second kappa shape index (κ2) is 4.63. The number of hydrogen-bond donors (Lipinski definition) is 2. The largest absolute Gasteiger partial charge is 0.326 e. The van der Waals surface area contributed by atoms with Gasteiger partial charge in [-0.05, 0) is 25.7 Å². The molecular weight excluding hydrogens is 172 g/mol. The van der Waals surface area contributed by atoms with Crippen LogP contribution < -0.4 is 9.80 Å². The van der Waals surface area contributed by atoms with Crippen LogP contribution in [0.4, 0.5) is 0 Å². The van der Waals surface area contributed by atoms with E-state index in [1.165, 1.54) is 52.0 Å². The van der Waals surface area contributed by atoms with Gasteiger partial charge in [0.05, 0.1) is 12.6 Å². The van der Waals surface area contributed by atoms with Gasteiger partial charge in [0.1, 0.15) is 26.2 Å². The van der Waals surface area contributed by atoms with Gasteiger partial charge in [0.2, 0.25) is 0 Å². The molecule has 0 aromatic carbocycles. The summed E-state index contributed by atoms with van der Waals surface area (Å²) in [6, 6.07) is 1.02. The first-order chi connectivity index (χ1) is 6.79. The van der Waals surface area contributed by atoms with Gasteiger partial charge in [-0.3, -0.25) is 0 Å². The molecule has 0 aromatic heterocycles. The third-order valence-electron chi connectivity index (χ3n) is 4.37. The van der Waals surface area contributed by atoms with Crippen molar-refractivity contribution in [2.24, 2.45) is 5.92 Å². The number of nitrogens with one attached hydrogen (secondary N) is 2. The number of hydrogen-bond acceptors (Lipinski definition) is 0. The molecule has 2 rings (SSSR count). The van der Waals surface area contributed by atoms with E-state index >= 15 is 0 Å². The molecule has 2 atom stereocenters. The predicted octanol–water partition coefficient (Wildman–Crippen LogP) is -1.02. The average Bonchev–Trinajstić information content (AvgIpc) is 2.65. The maximum absolute atomic E-state index is 2.42. The molecule has 1 aliphatic heterocycles. The van der Waals surface area contributed by atoms with Crippen LogP contribution >= 0.6 is 0 Å². The molecule has 0 unspecified atom stereocenters. The van der Waals surface area contributed by atoms with Crippen LogP contribution in [0.1, 0.15) is 33.1 Å². The van der Waals surface area contributed by atoms with Crippen molar-refractivity contribution in [2.45, 2.75) is 39.2 Å². The molecule has 1 saturated heterocycles. The van der Waals surface area contributed by atoms with Crippen molar-refractivity contribution in [3.8, 4) is 0 Å². The summed E-state index contributed by atoms with van der Waals surface area (Å²) in [5.41, 5.74) is 0. The monoisotopic (exact) mass is 198 g/mol. The molecule has 2 N–H and O–H groups in total. The van der Waals surface area contributed by atoms with E-state index in [2.05, 4.69) is 13.8 Å². The Hall–Kier alpha value is -0.0800. The molecule has 1 heterocycles. The molecule has 2 heteroatoms. The van der Waals surface area contributed by atoms with Crippen molar-refractivity contribution in [3.63, 3.8) is 0 Å². The lowest BCUT2D eigenvalue weighted by molar-refractivity contribution is -1.02. The number of rotatable bonds is 2. The summed E-state index contributed by atoms with van der Waals surface area (Å²) < 4.78 is 0. The molecular formula is C12H26N2+2. The fraction of sp³-hybridized carbons (Fsp3) is 1.00. The summed E-state index contributed by atoms with van der Waals surface area (Å²) >= 11 is 0. The highest BCUT2D eigenvalue weighted by Gasteiger charge is 2.33. The van der Waals surface area contributed by atoms with Gasteiger partial charge in [0, 0.05) is 6.42 Å². The zero-order chi connectivity index (χ0) is 9.97. The Bertz CT molecular complexity index is 173. The molecule has 1 saturated carbocycles. The Labute approximate surface area is 88.3 Å². The van der Waals surface area contributed by atoms with Crippen molar-refractivity contribution >= 4 is 0 Å². The lowest BCUT2D eigenvalue weighted by atomic mass is 10.1. The molecule has 1 aliphatic carbocycles. The van der Waals surface area contributed by atoms with Gasteiger partial charge in [-0.1, -0.05) is 6.92 Å². The minimum Gasteiger partial charge on any atom is -0.326 e. The van der Waals surface area contributed by atoms with E-state index in [1.54, 1.807) is 0 Å². The van der Waals surface area contributed by atoms with Crippen LogP contribution in [0.25, 0.3) is 0 Å². The molecule has 0 bridgehead atoms. The molecule has 0 amide bonds. The highest BCUT2D eigenvalue weighted by Crippen LogP contribution is 2.22. The minimum atomic E-state index is 1.00. The molecule has 2 fully saturated rings. The Kier molecular flexibility index (Phi) is 3.45. The average molecular weight is 198 g/mol. The second-order valence-electron chi connectivity index (χ2n) is 5.38. The van der Waals surface area contributed by atoms with Crippen molar-refractivity contribution in [3.05, 3.63) is 0 Å². The Balaban J connectivity index is 1.78. The summed E-state index contributed by atoms with van der Waals surface area (Å²) in [4.78, 5) is 3.74. The molecule has 14 heavy (non-hydrogen) atoms. The Morgan fingerprint density at radius 3 is 2.29 bits per heavy atom. The maximum atomic E-state index is 2.42. The van der Waals surface area contributed by atoms with Crippen LogP contribution in [-0.2, 0) is 0 Å². The molecule has 2 nitrogen and oxygen atoms in total. The Morgan fingerprint density at radius 2 is 1.79 bits per heavy atom. The van der Waals surface area contributed by atoms with E-state index in [4.69, 9.17) is 0 Å². The van der Waals surface area contributed by atoms with Crippen LogP contribution in [0.5, 0.6) is 0 Å². The van der Waals surface area contributed by atoms with Gasteiger partial charge in [0.25, 0.3) is 0 Å². The first kappa shape index (κ1) is 10.4. The molecule has 0 aromatic rings. The molecule has 82 valence electrons. The zero-order valence-electron chi connectivity index (χ0n) is 9.81. The summed E-state index contributed by atoms with van der Waals surface area (Å²) in [6.07, 6.45) is 4.48. The third-order valence-corrected chi connectivity index (χ3v) is 4.37. The summed E-state index contributed by atoms with van der Waals surface area (Å²) in [5, 5.41) is 0. The fourth-order valence-electron chi connectivity index (χ4n) is 3.26. The normalized spacial score (nSPS) is 44.1. The number of quaternary nitrogens is 2. The van der Waals surface area contributed by atoms with Gasteiger partial charge >= 0.3 is 0 Å². The van der Waals surface area contributed by atoms with Crippen molar-refractivity contribution in [1.29, 1.82) is 0 Å². The van der Waals surface area contributed by atoms with Gasteiger partial charge in [-0.15, -0.1) is 0 Å². The standard InChI is InChI=1S/C12H24N2/c1-3-13-6-8-14(9-7-13)12-5-4-11(2)10-12/h11-12H,3-10H2,1-2H3/p+2/t11-,12-/m1/s1. The first-order valence-corrected chi connectivity index (χ1v) is 6.47. The summed E-state index contributed by atoms with van der Waals surface area (Å²) in [6.45, 7) is 11.8. The van der Waals surface area contributed by atoms with E-state index in [-0.39, 0.29) is 0 Å². The second-order valence-corrected chi connectivity index (χ2v) is 5.38. The van der Waals surface area contributed by atoms with Crippen LogP contribution in [0.2, 0.25) is 0 Å². The van der Waals surface area contributed by atoms with E-state index in [1.807, 2.05) is 9.80 Å². The van der Waals surface area contributed by atoms with E-state index in [0.717, 1.165) is 12.0 Å². The predicted molar refractivity (Wildman–Crippen MR) is 58.7 cm³/mol. The lowest BCUT2D eigenvalue weighted by Gasteiger charge is -2.32. The number of likely N-dealkylation sites (N-methyl/N-ethyl adjacent to an activating group) is 1. The van der Waals surface area contributed by atoms with Crippen LogP contribution in [0.3, 0.4) is 0 Å². The SMILES string of the molecule is CC[NH+]1CC[NH+]([C@@H]2CC[C@@H](C)C2)CC1. The summed E-state index contributed by atoms with van der Waals surface area (Å²) in [5.74, 6) is 1.00. The van der Waals surface area contributed by atoms with Crippen molar-refractivity contribution < 1.29 is 9.80 Å². The highest BCUT2D eigenvalue weighted by molar-refractivity contribution is 4.71. The quantitative estimate of drug-likeness (QED) is 0.562. The lowest BCUT2D eigenvalue weighted by Crippen LogP contribution is -3.29. The van der Waals surface area contributed by atoms with Gasteiger partial charge < -0.3 is 9.80 Å². The molecule has 0 spiro atoms. The minimum absolute atomic E-state index is 1.00. The first-order valence-electron chi connectivity index (χ1n) is 6.47. The number of piperazine rings is 1. The topological polar surface area (TPSA) is 8.88 Å². The molecule has 0 radical (unpaired) electrons. The van der Waals surface area contributed by atoms with E-state index in [0.29, 0.717) is 0 Å². The highest BCUT2D eigenvalue weighted by atomic mass is 15.3. The van der Waals surface area contributed by atoms with Crippen molar-refractivity contribution in [1.82, 2.24) is 0 Å². The smallest absolute Gasteiger partial charge is 0.127 e. The van der Waals surface area contributed by atoms with E-state index < -0.39 is 0 Å². The maximum Gasteiger partial charge on any atom is 0.127 e. The van der Waals surface area contributed by atoms with Crippen LogP contribution in [0, 0.1) is 5.92 Å². The molecule has 2 aliphatic rings. The van der Waals surface area contributed by atoms with Crippen molar-refractivity contribution in [2.75, 3.05) is 32.7 Å². The van der Waals surface area contributed by atoms with Crippen LogP contribution in [0.15, 0.2) is 0 Å². The van der Waals surface area contributed by atoms with Gasteiger partial charge in [0.15, 0.2) is 0 Å². The Morgan fingerprint density at radius 1 is 1.07 bits per heavy atom. The van der Waals surface area contributed by atoms with E-state index in [9.17, 15) is 0 Å². The fourth-order valence-corrected chi connectivity index (χ4v) is 3.26. The van der Waals surface area contributed by atoms with Gasteiger partial charge in [-0.2, -0.15) is 0 Å². The zero-order valence-corrected chi connectivity index (χ0v) is 9.81. The van der Waals surface area contributed by atoms with Gasteiger partial charge in [-0.25, -0.2) is 0 Å².